The van der Waals surface area contributed by atoms with Crippen molar-refractivity contribution in [2.24, 2.45) is 0 Å². The van der Waals surface area contributed by atoms with Gasteiger partial charge in [-0.2, -0.15) is 13.2 Å². The first-order chi connectivity index (χ1) is 14.9. The summed E-state index contributed by atoms with van der Waals surface area (Å²) in [6, 6.07) is 7.35. The maximum Gasteiger partial charge on any atom is 0.411 e. The Labute approximate surface area is 181 Å². The van der Waals surface area contributed by atoms with Gasteiger partial charge in [0.05, 0.1) is 6.61 Å². The summed E-state index contributed by atoms with van der Waals surface area (Å²) in [5.74, 6) is 1.21. The number of halogens is 3. The van der Waals surface area contributed by atoms with Crippen molar-refractivity contribution < 1.29 is 27.8 Å². The molecule has 0 aliphatic carbocycles. The van der Waals surface area contributed by atoms with Crippen molar-refractivity contribution in [3.05, 3.63) is 42.2 Å². The van der Waals surface area contributed by atoms with Gasteiger partial charge in [0.25, 0.3) is 0 Å². The SMILES string of the molecule is CCCCCCCCc1cc(-c2ncccn2)ccc1OCC(O)COCC(F)(F)F. The zero-order valence-corrected chi connectivity index (χ0v) is 17.9. The van der Waals surface area contributed by atoms with Gasteiger partial charge in [0.1, 0.15) is 25.1 Å². The van der Waals surface area contributed by atoms with Gasteiger partial charge in [-0.3, -0.25) is 0 Å². The van der Waals surface area contributed by atoms with Gasteiger partial charge < -0.3 is 14.6 Å². The second kappa shape index (κ2) is 13.3. The molecule has 0 amide bonds. The number of benzene rings is 1. The predicted octanol–water partition coefficient (Wildman–Crippen LogP) is 5.37. The van der Waals surface area contributed by atoms with Gasteiger partial charge in [-0.1, -0.05) is 39.0 Å². The van der Waals surface area contributed by atoms with E-state index in [4.69, 9.17) is 4.74 Å². The Kier molecular flexibility index (Phi) is 10.7. The summed E-state index contributed by atoms with van der Waals surface area (Å²) in [6.07, 6.45) is 5.54. The highest BCUT2D eigenvalue weighted by Gasteiger charge is 2.27. The monoisotopic (exact) mass is 440 g/mol. The molecule has 0 aliphatic rings. The number of nitrogens with zero attached hydrogens (tertiary/aromatic N) is 2. The van der Waals surface area contributed by atoms with Crippen LogP contribution in [0.15, 0.2) is 36.7 Å². The number of aliphatic hydroxyl groups excluding tert-OH is 1. The summed E-state index contributed by atoms with van der Waals surface area (Å²) in [5, 5.41) is 9.89. The zero-order chi connectivity index (χ0) is 22.5. The first-order valence-electron chi connectivity index (χ1n) is 10.7. The molecule has 0 fully saturated rings. The number of aryl methyl sites for hydroxylation is 1. The maximum atomic E-state index is 12.2. The number of hydrogen-bond acceptors (Lipinski definition) is 5. The van der Waals surface area contributed by atoms with E-state index in [2.05, 4.69) is 21.6 Å². The summed E-state index contributed by atoms with van der Waals surface area (Å²) in [7, 11) is 0. The third kappa shape index (κ3) is 10.1. The van der Waals surface area contributed by atoms with E-state index >= 15 is 0 Å². The zero-order valence-electron chi connectivity index (χ0n) is 17.9. The number of aromatic nitrogens is 2. The molecule has 1 unspecified atom stereocenters. The quantitative estimate of drug-likeness (QED) is 0.401. The Hall–Kier alpha value is -2.19. The van der Waals surface area contributed by atoms with Crippen LogP contribution in [0.2, 0.25) is 0 Å². The van der Waals surface area contributed by atoms with Crippen molar-refractivity contribution >= 4 is 0 Å². The average Bonchev–Trinajstić information content (AvgIpc) is 2.75. The highest BCUT2D eigenvalue weighted by molar-refractivity contribution is 5.58. The van der Waals surface area contributed by atoms with Crippen molar-refractivity contribution in [2.75, 3.05) is 19.8 Å². The number of ether oxygens (including phenoxy) is 2. The lowest BCUT2D eigenvalue weighted by molar-refractivity contribution is -0.179. The largest absolute Gasteiger partial charge is 0.491 e. The molecule has 1 atom stereocenters. The van der Waals surface area contributed by atoms with Gasteiger partial charge in [0.15, 0.2) is 5.82 Å². The normalized spacial score (nSPS) is 12.7. The minimum atomic E-state index is -4.42. The standard InChI is InChI=1S/C23H31F3N2O3/c1-2-3-4-5-6-7-9-18-14-19(22-27-12-8-13-28-22)10-11-21(18)31-16-20(29)15-30-17-23(24,25)26/h8,10-14,20,29H,2-7,9,15-17H2,1H3. The highest BCUT2D eigenvalue weighted by atomic mass is 19.4. The minimum Gasteiger partial charge on any atom is -0.491 e. The van der Waals surface area contributed by atoms with E-state index in [1.165, 1.54) is 25.7 Å². The predicted molar refractivity (Wildman–Crippen MR) is 113 cm³/mol. The topological polar surface area (TPSA) is 64.5 Å². The average molecular weight is 441 g/mol. The molecular weight excluding hydrogens is 409 g/mol. The molecule has 0 spiro atoms. The third-order valence-corrected chi connectivity index (χ3v) is 4.69. The molecular formula is C23H31F3N2O3. The molecule has 0 bridgehead atoms. The fourth-order valence-corrected chi connectivity index (χ4v) is 3.14. The summed E-state index contributed by atoms with van der Waals surface area (Å²) in [4.78, 5) is 8.55. The van der Waals surface area contributed by atoms with Gasteiger partial charge in [-0.05, 0) is 42.7 Å². The van der Waals surface area contributed by atoms with Gasteiger partial charge >= 0.3 is 6.18 Å². The molecule has 5 nitrogen and oxygen atoms in total. The molecule has 0 aliphatic heterocycles. The van der Waals surface area contributed by atoms with Crippen LogP contribution in [0.1, 0.15) is 51.0 Å². The summed E-state index contributed by atoms with van der Waals surface area (Å²) in [5.41, 5.74) is 1.83. The molecule has 8 heteroatoms. The van der Waals surface area contributed by atoms with Crippen LogP contribution in [0.25, 0.3) is 11.4 Å². The van der Waals surface area contributed by atoms with Crippen molar-refractivity contribution in [1.82, 2.24) is 9.97 Å². The lowest BCUT2D eigenvalue weighted by atomic mass is 10.0. The molecule has 172 valence electrons. The molecule has 1 aromatic heterocycles. The van der Waals surface area contributed by atoms with Crippen LogP contribution in [0, 0.1) is 0 Å². The fourth-order valence-electron chi connectivity index (χ4n) is 3.14. The number of rotatable bonds is 14. The Morgan fingerprint density at radius 3 is 2.42 bits per heavy atom. The summed E-state index contributed by atoms with van der Waals surface area (Å²) in [6.45, 7) is 0.202. The van der Waals surface area contributed by atoms with E-state index in [1.807, 2.05) is 12.1 Å². The third-order valence-electron chi connectivity index (χ3n) is 4.69. The van der Waals surface area contributed by atoms with E-state index in [1.54, 1.807) is 24.5 Å². The van der Waals surface area contributed by atoms with E-state index in [-0.39, 0.29) is 6.61 Å². The van der Waals surface area contributed by atoms with E-state index in [0.29, 0.717) is 11.6 Å². The second-order valence-corrected chi connectivity index (χ2v) is 7.51. The first-order valence-corrected chi connectivity index (χ1v) is 10.7. The van der Waals surface area contributed by atoms with Gasteiger partial charge in [-0.25, -0.2) is 9.97 Å². The molecule has 0 saturated heterocycles. The molecule has 2 aromatic rings. The van der Waals surface area contributed by atoms with Crippen LogP contribution in [0.5, 0.6) is 5.75 Å². The summed E-state index contributed by atoms with van der Waals surface area (Å²) >= 11 is 0. The lowest BCUT2D eigenvalue weighted by Crippen LogP contribution is -2.27. The van der Waals surface area contributed by atoms with E-state index < -0.39 is 25.5 Å². The van der Waals surface area contributed by atoms with Crippen LogP contribution in [-0.2, 0) is 11.2 Å². The van der Waals surface area contributed by atoms with Crippen molar-refractivity contribution in [1.29, 1.82) is 0 Å². The fraction of sp³-hybridized carbons (Fsp3) is 0.565. The lowest BCUT2D eigenvalue weighted by Gasteiger charge is -2.16. The van der Waals surface area contributed by atoms with Crippen molar-refractivity contribution in [3.63, 3.8) is 0 Å². The molecule has 2 rings (SSSR count). The molecule has 0 radical (unpaired) electrons. The molecule has 1 aromatic carbocycles. The van der Waals surface area contributed by atoms with Crippen LogP contribution < -0.4 is 4.74 Å². The van der Waals surface area contributed by atoms with Crippen LogP contribution in [-0.4, -0.2) is 47.2 Å². The van der Waals surface area contributed by atoms with E-state index in [9.17, 15) is 18.3 Å². The van der Waals surface area contributed by atoms with Crippen LogP contribution in [0.3, 0.4) is 0 Å². The number of unbranched alkanes of at least 4 members (excludes halogenated alkanes) is 5. The highest BCUT2D eigenvalue weighted by Crippen LogP contribution is 2.27. The van der Waals surface area contributed by atoms with Crippen LogP contribution >= 0.6 is 0 Å². The van der Waals surface area contributed by atoms with E-state index in [0.717, 1.165) is 30.4 Å². The number of hydrogen-bond donors (Lipinski definition) is 1. The maximum absolute atomic E-state index is 12.2. The number of alkyl halides is 3. The Morgan fingerprint density at radius 1 is 1.00 bits per heavy atom. The van der Waals surface area contributed by atoms with Crippen molar-refractivity contribution in [2.45, 2.75) is 64.1 Å². The molecule has 1 N–H and O–H groups in total. The first kappa shape index (κ1) is 25.1. The van der Waals surface area contributed by atoms with Gasteiger partial charge in [0.2, 0.25) is 0 Å². The van der Waals surface area contributed by atoms with Crippen LogP contribution in [0.4, 0.5) is 13.2 Å². The second-order valence-electron chi connectivity index (χ2n) is 7.51. The van der Waals surface area contributed by atoms with Crippen molar-refractivity contribution in [3.8, 4) is 17.1 Å². The Bertz CT molecular complexity index is 757. The Balaban J connectivity index is 1.97. The van der Waals surface area contributed by atoms with Gasteiger partial charge in [-0.15, -0.1) is 0 Å². The molecule has 1 heterocycles. The molecule has 0 saturated carbocycles. The van der Waals surface area contributed by atoms with Gasteiger partial charge in [0, 0.05) is 18.0 Å². The Morgan fingerprint density at radius 2 is 1.71 bits per heavy atom. The smallest absolute Gasteiger partial charge is 0.411 e. The number of aliphatic hydroxyl groups is 1. The minimum absolute atomic E-state index is 0.150. The summed E-state index contributed by atoms with van der Waals surface area (Å²) < 4.78 is 46.7. The molecule has 31 heavy (non-hydrogen) atoms.